The summed E-state index contributed by atoms with van der Waals surface area (Å²) in [5.41, 5.74) is 3.29. The Labute approximate surface area is 184 Å². The maximum atomic E-state index is 15.4. The van der Waals surface area contributed by atoms with Gasteiger partial charge in [0.1, 0.15) is 11.7 Å². The number of alkyl halides is 1. The molecule has 5 heteroatoms. The van der Waals surface area contributed by atoms with Gasteiger partial charge in [0.15, 0.2) is 0 Å². The first kappa shape index (κ1) is 21.9. The van der Waals surface area contributed by atoms with Crippen molar-refractivity contribution < 1.29 is 14.3 Å². The van der Waals surface area contributed by atoms with E-state index in [2.05, 4.69) is 12.1 Å². The van der Waals surface area contributed by atoms with Crippen molar-refractivity contribution >= 4 is 5.97 Å². The van der Waals surface area contributed by atoms with E-state index in [0.29, 0.717) is 19.4 Å². The molecule has 1 N–H and O–H groups in total. The van der Waals surface area contributed by atoms with Crippen molar-refractivity contribution in [2.45, 2.75) is 75.9 Å². The highest BCUT2D eigenvalue weighted by Crippen LogP contribution is 2.36. The van der Waals surface area contributed by atoms with Crippen LogP contribution in [-0.2, 0) is 24.1 Å². The summed E-state index contributed by atoms with van der Waals surface area (Å²) in [5, 5.41) is 9.72. The second-order valence-corrected chi connectivity index (χ2v) is 9.20. The number of rotatable bonds is 9. The van der Waals surface area contributed by atoms with Gasteiger partial charge in [0.25, 0.3) is 0 Å². The SMILES string of the molecule is O=C(O)[C@@H](c1ccccc1)N1CC[C@](F)(CCCCCc2ccc3c(n2)CCCC3)C1. The Kier molecular flexibility index (Phi) is 7.01. The highest BCUT2D eigenvalue weighted by atomic mass is 19.1. The molecule has 2 aliphatic rings. The molecule has 2 heterocycles. The van der Waals surface area contributed by atoms with Crippen molar-refractivity contribution in [3.05, 3.63) is 65.0 Å². The number of pyridine rings is 1. The third-order valence-electron chi connectivity index (χ3n) is 6.84. The number of carbonyl (C=O) groups is 1. The van der Waals surface area contributed by atoms with Gasteiger partial charge < -0.3 is 5.11 Å². The first-order chi connectivity index (χ1) is 15.0. The Morgan fingerprint density at radius 1 is 1.10 bits per heavy atom. The molecular weight excluding hydrogens is 391 g/mol. The average molecular weight is 425 g/mol. The van der Waals surface area contributed by atoms with Crippen LogP contribution in [0.1, 0.15) is 73.5 Å². The molecule has 1 aromatic carbocycles. The summed E-state index contributed by atoms with van der Waals surface area (Å²) in [6.07, 6.45) is 9.47. The lowest BCUT2D eigenvalue weighted by molar-refractivity contribution is -0.143. The number of unbranched alkanes of at least 4 members (excludes halogenated alkanes) is 2. The third-order valence-corrected chi connectivity index (χ3v) is 6.84. The smallest absolute Gasteiger partial charge is 0.325 e. The van der Waals surface area contributed by atoms with Crippen molar-refractivity contribution in [2.75, 3.05) is 13.1 Å². The topological polar surface area (TPSA) is 53.4 Å². The van der Waals surface area contributed by atoms with Crippen molar-refractivity contribution in [3.8, 4) is 0 Å². The van der Waals surface area contributed by atoms with Crippen LogP contribution in [-0.4, -0.2) is 39.7 Å². The molecule has 1 aliphatic heterocycles. The first-order valence-corrected chi connectivity index (χ1v) is 11.7. The lowest BCUT2D eigenvalue weighted by Gasteiger charge is -2.26. The first-order valence-electron chi connectivity index (χ1n) is 11.7. The van der Waals surface area contributed by atoms with Crippen LogP contribution >= 0.6 is 0 Å². The van der Waals surface area contributed by atoms with E-state index in [1.807, 2.05) is 30.3 Å². The summed E-state index contributed by atoms with van der Waals surface area (Å²) in [6.45, 7) is 0.687. The molecule has 0 amide bonds. The second-order valence-electron chi connectivity index (χ2n) is 9.20. The van der Waals surface area contributed by atoms with E-state index >= 15 is 4.39 Å². The number of likely N-dealkylation sites (tertiary alicyclic amines) is 1. The van der Waals surface area contributed by atoms with Gasteiger partial charge in [0, 0.05) is 24.5 Å². The van der Waals surface area contributed by atoms with Crippen LogP contribution in [0.25, 0.3) is 0 Å². The summed E-state index contributed by atoms with van der Waals surface area (Å²) < 4.78 is 15.4. The van der Waals surface area contributed by atoms with Crippen LogP contribution in [0.3, 0.4) is 0 Å². The average Bonchev–Trinajstić information content (AvgIpc) is 3.15. The fourth-order valence-electron chi connectivity index (χ4n) is 5.13. The third kappa shape index (κ3) is 5.51. The van der Waals surface area contributed by atoms with Gasteiger partial charge in [-0.05, 0) is 68.6 Å². The van der Waals surface area contributed by atoms with Gasteiger partial charge in [-0.25, -0.2) is 4.39 Å². The standard InChI is InChI=1S/C26H33FN2O2/c27-26(17-18-29(19-26)24(25(30)31)21-10-3-1-4-11-21)16-8-2-5-12-22-15-14-20-9-6-7-13-23(20)28-22/h1,3-4,10-11,14-15,24H,2,5-9,12-13,16-19H2,(H,30,31)/t24-,26-/m1/s1. The number of aryl methyl sites for hydroxylation is 3. The van der Waals surface area contributed by atoms with E-state index in [9.17, 15) is 9.90 Å². The number of carboxylic acid groups (broad SMARTS) is 1. The monoisotopic (exact) mass is 424 g/mol. The fraction of sp³-hybridized carbons (Fsp3) is 0.538. The fourth-order valence-corrected chi connectivity index (χ4v) is 5.13. The number of aromatic nitrogens is 1. The van der Waals surface area contributed by atoms with Crippen molar-refractivity contribution in [1.82, 2.24) is 9.88 Å². The molecule has 2 aromatic rings. The van der Waals surface area contributed by atoms with Crippen molar-refractivity contribution in [2.24, 2.45) is 0 Å². The number of hydrogen-bond donors (Lipinski definition) is 1. The highest BCUT2D eigenvalue weighted by molar-refractivity contribution is 5.75. The lowest BCUT2D eigenvalue weighted by Crippen LogP contribution is -2.35. The van der Waals surface area contributed by atoms with Crippen molar-refractivity contribution in [1.29, 1.82) is 0 Å². The molecule has 1 saturated heterocycles. The number of fused-ring (bicyclic) bond motifs is 1. The number of halogens is 1. The summed E-state index contributed by atoms with van der Waals surface area (Å²) in [5.74, 6) is -0.909. The number of benzene rings is 1. The van der Waals surface area contributed by atoms with Crippen molar-refractivity contribution in [3.63, 3.8) is 0 Å². The van der Waals surface area contributed by atoms with Crippen LogP contribution in [0.2, 0.25) is 0 Å². The molecule has 1 fully saturated rings. The lowest BCUT2D eigenvalue weighted by atomic mass is 9.95. The molecule has 0 saturated carbocycles. The maximum Gasteiger partial charge on any atom is 0.325 e. The minimum atomic E-state index is -1.29. The second kappa shape index (κ2) is 9.90. The van der Waals surface area contributed by atoms with E-state index in [-0.39, 0.29) is 6.54 Å². The number of nitrogens with zero attached hydrogens (tertiary/aromatic N) is 2. The van der Waals surface area contributed by atoms with Crippen LogP contribution in [0.15, 0.2) is 42.5 Å². The van der Waals surface area contributed by atoms with E-state index in [1.54, 1.807) is 4.90 Å². The molecule has 166 valence electrons. The molecule has 1 aromatic heterocycles. The number of aliphatic carboxylic acids is 1. The Hall–Kier alpha value is -2.27. The largest absolute Gasteiger partial charge is 0.480 e. The minimum Gasteiger partial charge on any atom is -0.480 e. The van der Waals surface area contributed by atoms with Crippen LogP contribution in [0.4, 0.5) is 4.39 Å². The molecule has 0 bridgehead atoms. The van der Waals surface area contributed by atoms with Gasteiger partial charge in [0.2, 0.25) is 0 Å². The maximum absolute atomic E-state index is 15.4. The van der Waals surface area contributed by atoms with Gasteiger partial charge in [0.05, 0.1) is 0 Å². The Morgan fingerprint density at radius 3 is 2.71 bits per heavy atom. The molecule has 4 nitrogen and oxygen atoms in total. The molecule has 4 rings (SSSR count). The zero-order chi connectivity index (χ0) is 21.7. The van der Waals surface area contributed by atoms with Crippen LogP contribution in [0.5, 0.6) is 0 Å². The summed E-state index contributed by atoms with van der Waals surface area (Å²) in [4.78, 5) is 18.5. The van der Waals surface area contributed by atoms with E-state index in [0.717, 1.165) is 49.8 Å². The molecule has 1 aliphatic carbocycles. The minimum absolute atomic E-state index is 0.200. The van der Waals surface area contributed by atoms with Gasteiger partial charge in [-0.15, -0.1) is 0 Å². The molecular formula is C26H33FN2O2. The van der Waals surface area contributed by atoms with Gasteiger partial charge in [-0.2, -0.15) is 0 Å². The zero-order valence-corrected chi connectivity index (χ0v) is 18.2. The normalized spacial score (nSPS) is 22.2. The number of hydrogen-bond acceptors (Lipinski definition) is 3. The number of carboxylic acids is 1. The predicted octanol–water partition coefficient (Wildman–Crippen LogP) is 5.30. The Balaban J connectivity index is 1.23. The summed E-state index contributed by atoms with van der Waals surface area (Å²) in [7, 11) is 0. The van der Waals surface area contributed by atoms with E-state index in [4.69, 9.17) is 4.98 Å². The molecule has 2 atom stereocenters. The zero-order valence-electron chi connectivity index (χ0n) is 18.2. The Morgan fingerprint density at radius 2 is 1.90 bits per heavy atom. The van der Waals surface area contributed by atoms with E-state index in [1.165, 1.54) is 24.1 Å². The van der Waals surface area contributed by atoms with Gasteiger partial charge >= 0.3 is 5.97 Å². The Bertz CT molecular complexity index is 888. The molecule has 0 radical (unpaired) electrons. The van der Waals surface area contributed by atoms with E-state index < -0.39 is 17.7 Å². The predicted molar refractivity (Wildman–Crippen MR) is 120 cm³/mol. The molecule has 0 spiro atoms. The van der Waals surface area contributed by atoms with Gasteiger partial charge in [-0.3, -0.25) is 14.7 Å². The van der Waals surface area contributed by atoms with Gasteiger partial charge in [-0.1, -0.05) is 49.2 Å². The summed E-state index contributed by atoms with van der Waals surface area (Å²) >= 11 is 0. The molecule has 0 unspecified atom stereocenters. The van der Waals surface area contributed by atoms with Crippen LogP contribution in [0, 0.1) is 0 Å². The quantitative estimate of drug-likeness (QED) is 0.555. The molecule has 31 heavy (non-hydrogen) atoms. The van der Waals surface area contributed by atoms with Crippen LogP contribution < -0.4 is 0 Å². The highest BCUT2D eigenvalue weighted by Gasteiger charge is 2.42. The summed E-state index contributed by atoms with van der Waals surface area (Å²) in [6, 6.07) is 12.8.